The third-order valence-electron chi connectivity index (χ3n) is 6.73. The maximum Gasteiger partial charge on any atom is 0.258 e. The van der Waals surface area contributed by atoms with Gasteiger partial charge in [-0.2, -0.15) is 9.97 Å². The van der Waals surface area contributed by atoms with Crippen molar-refractivity contribution in [3.63, 3.8) is 0 Å². The van der Waals surface area contributed by atoms with Crippen molar-refractivity contribution in [1.82, 2.24) is 9.97 Å². The quantitative estimate of drug-likeness (QED) is 0.368. The lowest BCUT2D eigenvalue weighted by atomic mass is 10.00. The molecule has 3 N–H and O–H groups in total. The van der Waals surface area contributed by atoms with E-state index in [0.717, 1.165) is 42.1 Å². The molecule has 0 radical (unpaired) electrons. The summed E-state index contributed by atoms with van der Waals surface area (Å²) in [6, 6.07) is 26.2. The minimum Gasteiger partial charge on any atom is -0.368 e. The zero-order chi connectivity index (χ0) is 25.8. The number of nitrogen functional groups attached to an aromatic ring is 1. The van der Waals surface area contributed by atoms with Gasteiger partial charge in [-0.05, 0) is 66.8 Å². The van der Waals surface area contributed by atoms with Crippen LogP contribution in [0.15, 0.2) is 78.9 Å². The highest BCUT2D eigenvalue weighted by molar-refractivity contribution is 6.06. The Hall–Kier alpha value is -4.39. The molecule has 1 aromatic heterocycles. The first kappa shape index (κ1) is 24.3. The third-order valence-corrected chi connectivity index (χ3v) is 6.73. The number of hydrogen-bond donors (Lipinski definition) is 2. The Kier molecular flexibility index (Phi) is 7.03. The maximum absolute atomic E-state index is 13.2. The average Bonchev–Trinajstić information content (AvgIpc) is 2.92. The number of hydrogen-bond acceptors (Lipinski definition) is 6. The fourth-order valence-corrected chi connectivity index (χ4v) is 4.75. The lowest BCUT2D eigenvalue weighted by Crippen LogP contribution is -2.31. The molecule has 37 heavy (non-hydrogen) atoms. The molecule has 0 unspecified atom stereocenters. The highest BCUT2D eigenvalue weighted by atomic mass is 16.2. The van der Waals surface area contributed by atoms with Gasteiger partial charge in [-0.1, -0.05) is 48.5 Å². The summed E-state index contributed by atoms with van der Waals surface area (Å²) in [7, 11) is 0. The fraction of sp³-hybridized carbons (Fsp3) is 0.233. The molecule has 7 nitrogen and oxygen atoms in total. The molecule has 3 aromatic carbocycles. The summed E-state index contributed by atoms with van der Waals surface area (Å²) in [6.45, 7) is 6.87. The Labute approximate surface area is 218 Å². The molecule has 7 heteroatoms. The van der Waals surface area contributed by atoms with E-state index in [4.69, 9.17) is 5.73 Å². The van der Waals surface area contributed by atoms with Crippen molar-refractivity contribution >= 4 is 29.2 Å². The molecule has 0 aliphatic carbocycles. The van der Waals surface area contributed by atoms with Gasteiger partial charge in [0.05, 0.1) is 0 Å². The third kappa shape index (κ3) is 5.56. The van der Waals surface area contributed by atoms with Crippen molar-refractivity contribution in [3.8, 4) is 0 Å². The second-order valence-electron chi connectivity index (χ2n) is 9.35. The highest BCUT2D eigenvalue weighted by Gasteiger charge is 2.19. The number of aryl methyl sites for hydroxylation is 1. The number of nitrogens with one attached hydrogen (secondary N) is 1. The van der Waals surface area contributed by atoms with Crippen LogP contribution in [0.2, 0.25) is 0 Å². The van der Waals surface area contributed by atoms with Crippen LogP contribution in [0, 0.1) is 6.92 Å². The number of fused-ring (bicyclic) bond motifs is 1. The predicted octanol–water partition coefficient (Wildman–Crippen LogP) is 5.21. The molecule has 5 rings (SSSR count). The number of aromatic nitrogens is 2. The first-order valence-electron chi connectivity index (χ1n) is 12.7. The van der Waals surface area contributed by atoms with Crippen LogP contribution < -0.4 is 20.9 Å². The molecule has 1 amide bonds. The van der Waals surface area contributed by atoms with Gasteiger partial charge in [0.15, 0.2) is 0 Å². The van der Waals surface area contributed by atoms with Gasteiger partial charge in [-0.15, -0.1) is 0 Å². The monoisotopic (exact) mass is 492 g/mol. The van der Waals surface area contributed by atoms with Crippen molar-refractivity contribution in [1.29, 1.82) is 0 Å². The molecule has 1 aliphatic heterocycles. The van der Waals surface area contributed by atoms with Crippen LogP contribution in [-0.4, -0.2) is 29.0 Å². The van der Waals surface area contributed by atoms with Gasteiger partial charge >= 0.3 is 0 Å². The smallest absolute Gasteiger partial charge is 0.258 e. The Morgan fingerprint density at radius 2 is 1.78 bits per heavy atom. The van der Waals surface area contributed by atoms with Crippen molar-refractivity contribution < 1.29 is 4.79 Å². The Balaban J connectivity index is 1.25. The molecule has 188 valence electrons. The van der Waals surface area contributed by atoms with Gasteiger partial charge in [0.2, 0.25) is 5.95 Å². The van der Waals surface area contributed by atoms with E-state index in [1.54, 1.807) is 4.90 Å². The van der Waals surface area contributed by atoms with Gasteiger partial charge in [0, 0.05) is 43.5 Å². The summed E-state index contributed by atoms with van der Waals surface area (Å²) in [6.07, 6.45) is 0.979. The zero-order valence-corrected chi connectivity index (χ0v) is 21.3. The summed E-state index contributed by atoms with van der Waals surface area (Å²) in [5.41, 5.74) is 12.5. The number of nitrogens with zero attached hydrogens (tertiary/aromatic N) is 4. The molecular weight excluding hydrogens is 460 g/mol. The fourth-order valence-electron chi connectivity index (χ4n) is 4.75. The van der Waals surface area contributed by atoms with E-state index in [1.807, 2.05) is 68.4 Å². The summed E-state index contributed by atoms with van der Waals surface area (Å²) >= 11 is 0. The minimum absolute atomic E-state index is 0.0102. The first-order valence-corrected chi connectivity index (χ1v) is 12.7. The van der Waals surface area contributed by atoms with Crippen LogP contribution >= 0.6 is 0 Å². The number of amides is 1. The molecule has 0 saturated carbocycles. The summed E-state index contributed by atoms with van der Waals surface area (Å²) in [4.78, 5) is 26.0. The second kappa shape index (κ2) is 10.7. The van der Waals surface area contributed by atoms with Crippen LogP contribution in [0.1, 0.15) is 39.5 Å². The van der Waals surface area contributed by atoms with E-state index in [9.17, 15) is 4.79 Å². The van der Waals surface area contributed by atoms with Gasteiger partial charge in [-0.25, -0.2) is 0 Å². The lowest BCUT2D eigenvalue weighted by Gasteiger charge is -2.30. The van der Waals surface area contributed by atoms with Gasteiger partial charge < -0.3 is 20.9 Å². The predicted molar refractivity (Wildman–Crippen MR) is 150 cm³/mol. The molecular formula is C30H32N6O. The van der Waals surface area contributed by atoms with Crippen molar-refractivity contribution in [2.45, 2.75) is 33.4 Å². The first-order chi connectivity index (χ1) is 18.0. The summed E-state index contributed by atoms with van der Waals surface area (Å²) < 4.78 is 0. The van der Waals surface area contributed by atoms with E-state index < -0.39 is 0 Å². The highest BCUT2D eigenvalue weighted by Crippen LogP contribution is 2.25. The number of carbonyl (C=O) groups is 1. The van der Waals surface area contributed by atoms with E-state index in [0.29, 0.717) is 24.5 Å². The number of rotatable bonds is 7. The molecule has 2 heterocycles. The van der Waals surface area contributed by atoms with Gasteiger partial charge in [0.1, 0.15) is 11.6 Å². The van der Waals surface area contributed by atoms with Gasteiger partial charge in [-0.3, -0.25) is 4.79 Å². The topological polar surface area (TPSA) is 87.4 Å². The molecule has 0 atom stereocenters. The number of anilines is 4. The molecule has 4 aromatic rings. The maximum atomic E-state index is 13.2. The van der Waals surface area contributed by atoms with Crippen LogP contribution in [0.3, 0.4) is 0 Å². The van der Waals surface area contributed by atoms with Crippen LogP contribution in [-0.2, 0) is 19.5 Å². The zero-order valence-electron chi connectivity index (χ0n) is 21.3. The van der Waals surface area contributed by atoms with E-state index in [1.165, 1.54) is 11.1 Å². The Morgan fingerprint density at radius 1 is 1.00 bits per heavy atom. The molecule has 1 aliphatic rings. The van der Waals surface area contributed by atoms with Crippen molar-refractivity contribution in [2.24, 2.45) is 0 Å². The Bertz CT molecular complexity index is 1400. The SMILES string of the molecule is CCN(C(=O)c1ccc(CNc2cc(N3CCc4ccccc4C3)nc(N)n2)cc1)c1cccc(C)c1. The number of carbonyl (C=O) groups excluding carboxylic acids is 1. The Morgan fingerprint density at radius 3 is 2.54 bits per heavy atom. The van der Waals surface area contributed by atoms with Crippen molar-refractivity contribution in [2.75, 3.05) is 33.9 Å². The number of nitrogens with two attached hydrogens (primary N) is 1. The molecule has 0 fully saturated rings. The summed E-state index contributed by atoms with van der Waals surface area (Å²) in [5, 5.41) is 3.36. The number of benzene rings is 3. The molecule has 0 spiro atoms. The minimum atomic E-state index is -0.0102. The van der Waals surface area contributed by atoms with E-state index in [2.05, 4.69) is 44.5 Å². The van der Waals surface area contributed by atoms with Crippen LogP contribution in [0.25, 0.3) is 0 Å². The van der Waals surface area contributed by atoms with Crippen molar-refractivity contribution in [3.05, 3.63) is 107 Å². The van der Waals surface area contributed by atoms with E-state index >= 15 is 0 Å². The second-order valence-corrected chi connectivity index (χ2v) is 9.35. The normalized spacial score (nSPS) is 12.6. The summed E-state index contributed by atoms with van der Waals surface area (Å²) in [5.74, 6) is 1.74. The molecule has 0 saturated heterocycles. The largest absolute Gasteiger partial charge is 0.368 e. The van der Waals surface area contributed by atoms with E-state index in [-0.39, 0.29) is 11.9 Å². The lowest BCUT2D eigenvalue weighted by molar-refractivity contribution is 0.0988. The van der Waals surface area contributed by atoms with Gasteiger partial charge in [0.25, 0.3) is 5.91 Å². The molecule has 0 bridgehead atoms. The van der Waals surface area contributed by atoms with Crippen LogP contribution in [0.4, 0.5) is 23.3 Å². The standard InChI is InChI=1S/C30H32N6O/c1-3-36(26-10-6-7-21(2)17-26)29(37)24-13-11-22(12-14-24)19-32-27-18-28(34-30(31)33-27)35-16-15-23-8-4-5-9-25(23)20-35/h4-14,17-18H,3,15-16,19-20H2,1-2H3,(H3,31,32,33,34). The van der Waals surface area contributed by atoms with Crippen LogP contribution in [0.5, 0.6) is 0 Å². The average molecular weight is 493 g/mol.